The molecule has 0 saturated carbocycles. The maximum Gasteiger partial charge on any atom is 0.418 e. The number of para-hydroxylation sites is 1. The number of carbonyl (C=O) groups is 1. The fraction of sp³-hybridized carbons (Fsp3) is 0.167. The minimum Gasteiger partial charge on any atom is -0.496 e. The maximum absolute atomic E-state index is 11.9. The van der Waals surface area contributed by atoms with Crippen LogP contribution in [0.3, 0.4) is 0 Å². The molecule has 0 saturated heterocycles. The Morgan fingerprint density at radius 2 is 1.96 bits per heavy atom. The summed E-state index contributed by atoms with van der Waals surface area (Å²) in [6.07, 6.45) is -0.104. The van der Waals surface area contributed by atoms with Crippen molar-refractivity contribution in [1.29, 1.82) is 0 Å². The van der Waals surface area contributed by atoms with Crippen molar-refractivity contribution in [1.82, 2.24) is 15.5 Å². The second-order valence-electron chi connectivity index (χ2n) is 5.24. The van der Waals surface area contributed by atoms with E-state index in [-0.39, 0.29) is 18.6 Å². The van der Waals surface area contributed by atoms with E-state index >= 15 is 0 Å². The lowest BCUT2D eigenvalue weighted by molar-refractivity contribution is -0.123. The zero-order valence-electron chi connectivity index (χ0n) is 13.9. The number of aromatic nitrogens is 2. The summed E-state index contributed by atoms with van der Waals surface area (Å²) in [5.74, 6) is 0.670. The largest absolute Gasteiger partial charge is 0.496 e. The third-order valence-electron chi connectivity index (χ3n) is 3.52. The van der Waals surface area contributed by atoms with Crippen LogP contribution >= 0.6 is 11.6 Å². The molecule has 0 aliphatic rings. The molecule has 1 aromatic heterocycles. The molecule has 0 radical (unpaired) electrons. The fourth-order valence-electron chi connectivity index (χ4n) is 2.24. The summed E-state index contributed by atoms with van der Waals surface area (Å²) in [5, 5.41) is 7.03. The highest BCUT2D eigenvalue weighted by Gasteiger charge is 2.13. The van der Waals surface area contributed by atoms with E-state index in [1.165, 1.54) is 0 Å². The van der Waals surface area contributed by atoms with Crippen molar-refractivity contribution >= 4 is 17.5 Å². The predicted octanol–water partition coefficient (Wildman–Crippen LogP) is 3.09. The highest BCUT2D eigenvalue weighted by atomic mass is 35.5. The molecule has 3 aromatic rings. The molecule has 0 bridgehead atoms. The van der Waals surface area contributed by atoms with E-state index in [0.29, 0.717) is 28.7 Å². The Kier molecular flexibility index (Phi) is 5.70. The van der Waals surface area contributed by atoms with E-state index in [0.717, 1.165) is 5.56 Å². The normalized spacial score (nSPS) is 10.4. The Morgan fingerprint density at radius 1 is 1.19 bits per heavy atom. The first-order valence-corrected chi connectivity index (χ1v) is 8.15. The van der Waals surface area contributed by atoms with E-state index in [1.807, 2.05) is 30.3 Å². The van der Waals surface area contributed by atoms with Gasteiger partial charge in [0, 0.05) is 17.7 Å². The molecule has 0 fully saturated rings. The summed E-state index contributed by atoms with van der Waals surface area (Å²) in [6.45, 7) is 0.0697. The third kappa shape index (κ3) is 4.31. The van der Waals surface area contributed by atoms with E-state index < -0.39 is 0 Å². The van der Waals surface area contributed by atoms with Crippen molar-refractivity contribution in [2.24, 2.45) is 0 Å². The zero-order valence-corrected chi connectivity index (χ0v) is 14.7. The van der Waals surface area contributed by atoms with E-state index in [4.69, 9.17) is 25.6 Å². The van der Waals surface area contributed by atoms with Gasteiger partial charge in [-0.1, -0.05) is 47.1 Å². The van der Waals surface area contributed by atoms with Crippen LogP contribution in [0, 0.1) is 0 Å². The summed E-state index contributed by atoms with van der Waals surface area (Å²) in [6, 6.07) is 14.5. The molecule has 0 aliphatic carbocycles. The maximum atomic E-state index is 11.9. The summed E-state index contributed by atoms with van der Waals surface area (Å²) < 4.78 is 15.4. The van der Waals surface area contributed by atoms with Gasteiger partial charge in [0.25, 0.3) is 5.91 Å². The van der Waals surface area contributed by atoms with Crippen LogP contribution in [-0.4, -0.2) is 29.8 Å². The Hall–Kier alpha value is -3.06. The molecule has 0 unspecified atom stereocenters. The van der Waals surface area contributed by atoms with Gasteiger partial charge in [0.05, 0.1) is 12.1 Å². The van der Waals surface area contributed by atoms with Gasteiger partial charge in [0.1, 0.15) is 5.75 Å². The lowest BCUT2D eigenvalue weighted by atomic mass is 10.2. The standard InChI is InChI=1S/C18H16ClN3O4/c1-24-15-9-5-2-6-12(15)10-20-16(23)11-25-18-21-17(22-26-18)13-7-3-4-8-14(13)19/h2-9H,10-11H2,1H3,(H,20,23). The molecule has 3 rings (SSSR count). The van der Waals surface area contributed by atoms with Crippen LogP contribution in [-0.2, 0) is 11.3 Å². The Morgan fingerprint density at radius 3 is 2.77 bits per heavy atom. The molecule has 134 valence electrons. The van der Waals surface area contributed by atoms with E-state index in [9.17, 15) is 4.79 Å². The lowest BCUT2D eigenvalue weighted by Gasteiger charge is -2.09. The van der Waals surface area contributed by atoms with Gasteiger partial charge < -0.3 is 14.8 Å². The molecule has 2 aromatic carbocycles. The highest BCUT2D eigenvalue weighted by Crippen LogP contribution is 2.26. The van der Waals surface area contributed by atoms with Gasteiger partial charge in [-0.25, -0.2) is 0 Å². The smallest absolute Gasteiger partial charge is 0.418 e. The van der Waals surface area contributed by atoms with Crippen LogP contribution < -0.4 is 14.8 Å². The SMILES string of the molecule is COc1ccccc1CNC(=O)COc1nc(-c2ccccc2Cl)no1. The number of methoxy groups -OCH3 is 1. The first-order valence-electron chi connectivity index (χ1n) is 7.77. The number of carbonyl (C=O) groups excluding carboxylic acids is 1. The molecule has 8 heteroatoms. The average Bonchev–Trinajstić information content (AvgIpc) is 3.14. The molecular formula is C18H16ClN3O4. The predicted molar refractivity (Wildman–Crippen MR) is 95.1 cm³/mol. The van der Waals surface area contributed by atoms with E-state index in [1.54, 1.807) is 25.3 Å². The number of benzene rings is 2. The first-order chi connectivity index (χ1) is 12.7. The van der Waals surface area contributed by atoms with Crippen LogP contribution in [0.5, 0.6) is 11.8 Å². The quantitative estimate of drug-likeness (QED) is 0.684. The monoisotopic (exact) mass is 373 g/mol. The van der Waals surface area contributed by atoms with Gasteiger partial charge in [-0.2, -0.15) is 4.98 Å². The molecule has 0 aliphatic heterocycles. The van der Waals surface area contributed by atoms with Crippen LogP contribution in [0.1, 0.15) is 5.56 Å². The van der Waals surface area contributed by atoms with Gasteiger partial charge in [0.15, 0.2) is 6.61 Å². The molecular weight excluding hydrogens is 358 g/mol. The molecule has 0 spiro atoms. The zero-order chi connectivity index (χ0) is 18.4. The van der Waals surface area contributed by atoms with Gasteiger partial charge in [-0.15, -0.1) is 0 Å². The number of hydrogen-bond acceptors (Lipinski definition) is 6. The van der Waals surface area contributed by atoms with Crippen molar-refractivity contribution < 1.29 is 18.8 Å². The number of amides is 1. The van der Waals surface area contributed by atoms with Gasteiger partial charge >= 0.3 is 6.08 Å². The molecule has 7 nitrogen and oxygen atoms in total. The number of rotatable bonds is 7. The Bertz CT molecular complexity index is 897. The van der Waals surface area contributed by atoms with Crippen molar-refractivity contribution in [3.8, 4) is 23.2 Å². The molecule has 0 atom stereocenters. The van der Waals surface area contributed by atoms with Crippen LogP contribution in [0.15, 0.2) is 53.1 Å². The van der Waals surface area contributed by atoms with Crippen molar-refractivity contribution in [2.45, 2.75) is 6.54 Å². The third-order valence-corrected chi connectivity index (χ3v) is 3.85. The van der Waals surface area contributed by atoms with Gasteiger partial charge in [-0.05, 0) is 18.2 Å². The Balaban J connectivity index is 1.53. The van der Waals surface area contributed by atoms with Gasteiger partial charge in [0.2, 0.25) is 5.82 Å². The molecule has 1 amide bonds. The summed E-state index contributed by atoms with van der Waals surface area (Å²) in [4.78, 5) is 16.0. The average molecular weight is 374 g/mol. The molecule has 1 heterocycles. The second kappa shape index (κ2) is 8.35. The van der Waals surface area contributed by atoms with Crippen molar-refractivity contribution in [3.63, 3.8) is 0 Å². The van der Waals surface area contributed by atoms with Crippen molar-refractivity contribution in [3.05, 3.63) is 59.1 Å². The highest BCUT2D eigenvalue weighted by molar-refractivity contribution is 6.33. The lowest BCUT2D eigenvalue weighted by Crippen LogP contribution is -2.28. The number of nitrogens with zero attached hydrogens (tertiary/aromatic N) is 2. The van der Waals surface area contributed by atoms with Gasteiger partial charge in [-0.3, -0.25) is 9.32 Å². The van der Waals surface area contributed by atoms with Crippen molar-refractivity contribution in [2.75, 3.05) is 13.7 Å². The van der Waals surface area contributed by atoms with Crippen LogP contribution in [0.2, 0.25) is 5.02 Å². The Labute approximate surface area is 154 Å². The molecule has 26 heavy (non-hydrogen) atoms. The first kappa shape index (κ1) is 17.8. The summed E-state index contributed by atoms with van der Waals surface area (Å²) in [7, 11) is 1.58. The van der Waals surface area contributed by atoms with E-state index in [2.05, 4.69) is 15.5 Å². The van der Waals surface area contributed by atoms with Crippen LogP contribution in [0.4, 0.5) is 0 Å². The summed E-state index contributed by atoms with van der Waals surface area (Å²) >= 11 is 6.08. The number of nitrogens with one attached hydrogen (secondary N) is 1. The topological polar surface area (TPSA) is 86.5 Å². The molecule has 1 N–H and O–H groups in total. The second-order valence-corrected chi connectivity index (χ2v) is 5.65. The summed E-state index contributed by atoms with van der Waals surface area (Å²) in [5.41, 5.74) is 1.48. The minimum atomic E-state index is -0.326. The minimum absolute atomic E-state index is 0.104. The number of hydrogen-bond donors (Lipinski definition) is 1. The fourth-order valence-corrected chi connectivity index (χ4v) is 2.46. The van der Waals surface area contributed by atoms with Crippen LogP contribution in [0.25, 0.3) is 11.4 Å². The number of halogens is 1. The number of ether oxygens (including phenoxy) is 2.